The maximum atomic E-state index is 13.1. The van der Waals surface area contributed by atoms with Crippen LogP contribution in [0.15, 0.2) is 5.38 Å². The summed E-state index contributed by atoms with van der Waals surface area (Å²) in [6.07, 6.45) is 3.67. The molecular weight excluding hydrogens is 369 g/mol. The first-order valence-corrected chi connectivity index (χ1v) is 9.02. The van der Waals surface area contributed by atoms with Gasteiger partial charge in [-0.05, 0) is 32.6 Å². The Kier molecular flexibility index (Phi) is 8.42. The minimum Gasteiger partial charge on any atom is -0.381 e. The molecule has 8 heteroatoms. The first-order valence-electron chi connectivity index (χ1n) is 8.14. The Morgan fingerprint density at radius 1 is 1.46 bits per heavy atom. The summed E-state index contributed by atoms with van der Waals surface area (Å²) in [5, 5.41) is 3.26. The number of nitrogens with two attached hydrogens (primary N) is 1. The molecule has 2 N–H and O–H groups in total. The van der Waals surface area contributed by atoms with Crippen molar-refractivity contribution >= 4 is 42.1 Å². The summed E-state index contributed by atoms with van der Waals surface area (Å²) in [6.45, 7) is 5.37. The van der Waals surface area contributed by atoms with Gasteiger partial charge in [0.25, 0.3) is 0 Å². The van der Waals surface area contributed by atoms with Crippen LogP contribution in [0.2, 0.25) is 0 Å². The largest absolute Gasteiger partial charge is 0.381 e. The second-order valence-corrected chi connectivity index (χ2v) is 7.40. The van der Waals surface area contributed by atoms with Crippen molar-refractivity contribution in [1.82, 2.24) is 9.88 Å². The molecule has 1 unspecified atom stereocenters. The minimum atomic E-state index is -0.404. The molecule has 138 valence electrons. The number of thiazole rings is 1. The van der Waals surface area contributed by atoms with Crippen molar-refractivity contribution in [1.29, 1.82) is 0 Å². The van der Waals surface area contributed by atoms with Crippen molar-refractivity contribution in [2.75, 3.05) is 32.8 Å². The van der Waals surface area contributed by atoms with Crippen LogP contribution in [-0.2, 0) is 9.53 Å². The lowest BCUT2D eigenvalue weighted by Crippen LogP contribution is -2.53. The van der Waals surface area contributed by atoms with E-state index in [1.54, 1.807) is 11.3 Å². The maximum absolute atomic E-state index is 13.1. The van der Waals surface area contributed by atoms with E-state index in [0.717, 1.165) is 44.5 Å². The third-order valence-electron chi connectivity index (χ3n) is 4.99. The van der Waals surface area contributed by atoms with Crippen molar-refractivity contribution in [3.8, 4) is 0 Å². The standard InChI is InChI=1S/C16H25N3O2S.2ClH/c1-12-10-22-14(18-12)13-3-2-6-19(9-13)15(20)16(11-17)4-7-21-8-5-16;;/h10,13H,2-9,11,17H2,1H3;2*1H. The van der Waals surface area contributed by atoms with E-state index >= 15 is 0 Å². The van der Waals surface area contributed by atoms with Gasteiger partial charge in [-0.25, -0.2) is 4.98 Å². The number of carbonyl (C=O) groups is 1. The summed E-state index contributed by atoms with van der Waals surface area (Å²) in [6, 6.07) is 0. The third-order valence-corrected chi connectivity index (χ3v) is 6.11. The fourth-order valence-corrected chi connectivity index (χ4v) is 4.45. The number of halogens is 2. The molecule has 0 bridgehead atoms. The molecule has 0 spiro atoms. The second kappa shape index (κ2) is 9.34. The van der Waals surface area contributed by atoms with Crippen molar-refractivity contribution in [2.45, 2.75) is 38.5 Å². The van der Waals surface area contributed by atoms with E-state index in [1.165, 1.54) is 5.01 Å². The average Bonchev–Trinajstić information content (AvgIpc) is 3.01. The molecule has 1 aromatic rings. The van der Waals surface area contributed by atoms with E-state index in [2.05, 4.69) is 10.4 Å². The lowest BCUT2D eigenvalue weighted by molar-refractivity contribution is -0.148. The Morgan fingerprint density at radius 3 is 2.75 bits per heavy atom. The zero-order valence-corrected chi connectivity index (χ0v) is 16.5. The quantitative estimate of drug-likeness (QED) is 0.853. The molecule has 0 aliphatic carbocycles. The van der Waals surface area contributed by atoms with Crippen LogP contribution in [0, 0.1) is 12.3 Å². The van der Waals surface area contributed by atoms with E-state index in [4.69, 9.17) is 10.5 Å². The first-order chi connectivity index (χ1) is 10.6. The summed E-state index contributed by atoms with van der Waals surface area (Å²) in [5.41, 5.74) is 6.65. The molecule has 5 nitrogen and oxygen atoms in total. The highest BCUT2D eigenvalue weighted by Crippen LogP contribution is 2.35. The summed E-state index contributed by atoms with van der Waals surface area (Å²) in [5.74, 6) is 0.613. The molecular formula is C16H27Cl2N3O2S. The van der Waals surface area contributed by atoms with Gasteiger partial charge in [-0.2, -0.15) is 0 Å². The number of aromatic nitrogens is 1. The van der Waals surface area contributed by atoms with Crippen LogP contribution in [0.5, 0.6) is 0 Å². The minimum absolute atomic E-state index is 0. The normalized spacial score (nSPS) is 23.1. The lowest BCUT2D eigenvalue weighted by atomic mass is 9.78. The van der Waals surface area contributed by atoms with Gasteiger partial charge < -0.3 is 15.4 Å². The van der Waals surface area contributed by atoms with Gasteiger partial charge in [-0.15, -0.1) is 36.2 Å². The Labute approximate surface area is 160 Å². The number of hydrogen-bond donors (Lipinski definition) is 1. The number of amides is 1. The third kappa shape index (κ3) is 4.41. The van der Waals surface area contributed by atoms with Crippen molar-refractivity contribution < 1.29 is 9.53 Å². The zero-order chi connectivity index (χ0) is 15.6. The molecule has 2 aliphatic heterocycles. The lowest BCUT2D eigenvalue weighted by Gasteiger charge is -2.41. The average molecular weight is 396 g/mol. The number of ether oxygens (including phenoxy) is 1. The van der Waals surface area contributed by atoms with Crippen LogP contribution >= 0.6 is 36.2 Å². The molecule has 0 radical (unpaired) electrons. The fourth-order valence-electron chi connectivity index (χ4n) is 3.53. The van der Waals surface area contributed by atoms with E-state index in [9.17, 15) is 4.79 Å². The summed E-state index contributed by atoms with van der Waals surface area (Å²) >= 11 is 1.72. The molecule has 0 aromatic carbocycles. The topological polar surface area (TPSA) is 68.5 Å². The molecule has 0 saturated carbocycles. The molecule has 2 fully saturated rings. The second-order valence-electron chi connectivity index (χ2n) is 6.51. The molecule has 1 atom stereocenters. The molecule has 2 aliphatic rings. The highest BCUT2D eigenvalue weighted by Gasteiger charge is 2.42. The monoisotopic (exact) mass is 395 g/mol. The molecule has 1 aromatic heterocycles. The van der Waals surface area contributed by atoms with Crippen LogP contribution in [-0.4, -0.2) is 48.6 Å². The number of piperidine rings is 1. The van der Waals surface area contributed by atoms with E-state index in [-0.39, 0.29) is 30.7 Å². The molecule has 1 amide bonds. The Bertz CT molecular complexity index is 535. The predicted octanol–water partition coefficient (Wildman–Crippen LogP) is 2.76. The number of carbonyl (C=O) groups excluding carboxylic acids is 1. The van der Waals surface area contributed by atoms with Gasteiger partial charge in [-0.3, -0.25) is 4.79 Å². The van der Waals surface area contributed by atoms with Crippen molar-refractivity contribution in [2.24, 2.45) is 11.1 Å². The van der Waals surface area contributed by atoms with Crippen LogP contribution in [0.4, 0.5) is 0 Å². The van der Waals surface area contributed by atoms with Crippen LogP contribution < -0.4 is 5.73 Å². The highest BCUT2D eigenvalue weighted by molar-refractivity contribution is 7.09. The smallest absolute Gasteiger partial charge is 0.230 e. The van der Waals surface area contributed by atoms with Crippen molar-refractivity contribution in [3.05, 3.63) is 16.1 Å². The van der Waals surface area contributed by atoms with Gasteiger partial charge in [0.2, 0.25) is 5.91 Å². The Hall–Kier alpha value is -0.400. The maximum Gasteiger partial charge on any atom is 0.230 e. The van der Waals surface area contributed by atoms with Crippen molar-refractivity contribution in [3.63, 3.8) is 0 Å². The van der Waals surface area contributed by atoms with E-state index in [1.807, 2.05) is 11.8 Å². The first kappa shape index (κ1) is 21.6. The van der Waals surface area contributed by atoms with Crippen LogP contribution in [0.3, 0.4) is 0 Å². The molecule has 3 rings (SSSR count). The van der Waals surface area contributed by atoms with Gasteiger partial charge in [0, 0.05) is 49.8 Å². The fraction of sp³-hybridized carbons (Fsp3) is 0.750. The van der Waals surface area contributed by atoms with Gasteiger partial charge in [-0.1, -0.05) is 0 Å². The summed E-state index contributed by atoms with van der Waals surface area (Å²) in [7, 11) is 0. The number of nitrogens with zero attached hydrogens (tertiary/aromatic N) is 2. The number of rotatable bonds is 3. The van der Waals surface area contributed by atoms with Crippen LogP contribution in [0.1, 0.15) is 42.3 Å². The van der Waals surface area contributed by atoms with Crippen LogP contribution in [0.25, 0.3) is 0 Å². The number of likely N-dealkylation sites (tertiary alicyclic amines) is 1. The SMILES string of the molecule is Cc1csc(C2CCCN(C(=O)C3(CN)CCOCC3)C2)n1.Cl.Cl. The van der Waals surface area contributed by atoms with E-state index in [0.29, 0.717) is 25.7 Å². The van der Waals surface area contributed by atoms with Gasteiger partial charge in [0.15, 0.2) is 0 Å². The van der Waals surface area contributed by atoms with Gasteiger partial charge in [0.05, 0.1) is 10.4 Å². The van der Waals surface area contributed by atoms with Gasteiger partial charge >= 0.3 is 0 Å². The Morgan fingerprint density at radius 2 is 2.17 bits per heavy atom. The molecule has 2 saturated heterocycles. The molecule has 24 heavy (non-hydrogen) atoms. The summed E-state index contributed by atoms with van der Waals surface area (Å²) < 4.78 is 5.42. The number of hydrogen-bond acceptors (Lipinski definition) is 5. The molecule has 3 heterocycles. The Balaban J connectivity index is 0.00000144. The zero-order valence-electron chi connectivity index (χ0n) is 14.0. The summed E-state index contributed by atoms with van der Waals surface area (Å²) in [4.78, 5) is 19.7. The highest BCUT2D eigenvalue weighted by atomic mass is 35.5. The van der Waals surface area contributed by atoms with E-state index < -0.39 is 5.41 Å². The predicted molar refractivity (Wildman–Crippen MR) is 101 cm³/mol. The number of aryl methyl sites for hydroxylation is 1. The van der Waals surface area contributed by atoms with Gasteiger partial charge in [0.1, 0.15) is 0 Å².